The Labute approximate surface area is 167 Å². The molecule has 4 rings (SSSR count). The number of benzene rings is 1. The van der Waals surface area contributed by atoms with Gasteiger partial charge in [-0.15, -0.1) is 0 Å². The van der Waals surface area contributed by atoms with Gasteiger partial charge < -0.3 is 19.3 Å². The molecule has 0 spiro atoms. The second-order valence-electron chi connectivity index (χ2n) is 7.72. The molecule has 156 valence electrons. The summed E-state index contributed by atoms with van der Waals surface area (Å²) < 4.78 is 26.0. The standard InChI is InChI=1S/C20H24FN3O5/c1-10-16-12(19(27)24(10)14-6-7-15(25)22-18(14)26)4-5-13(17(16)21)23-8-11(9-23)20(28-2)29-3/h4-5,10-11,14,20H,6-9H2,1-3H3,(H,22,25,26). The first-order valence-electron chi connectivity index (χ1n) is 9.66. The van der Waals surface area contributed by atoms with Crippen molar-refractivity contribution in [2.24, 2.45) is 5.92 Å². The van der Waals surface area contributed by atoms with E-state index in [0.29, 0.717) is 24.3 Å². The lowest BCUT2D eigenvalue weighted by molar-refractivity contribution is -0.142. The van der Waals surface area contributed by atoms with Crippen molar-refractivity contribution in [2.45, 2.75) is 38.1 Å². The zero-order valence-corrected chi connectivity index (χ0v) is 16.6. The van der Waals surface area contributed by atoms with Crippen LogP contribution in [0.1, 0.15) is 41.7 Å². The van der Waals surface area contributed by atoms with Crippen molar-refractivity contribution >= 4 is 23.4 Å². The summed E-state index contributed by atoms with van der Waals surface area (Å²) in [5, 5.41) is 2.27. The highest BCUT2D eigenvalue weighted by molar-refractivity contribution is 6.06. The molecule has 2 atom stereocenters. The number of imide groups is 1. The SMILES string of the molecule is COC(OC)C1CN(c2ccc3c(c2F)C(C)N(C2CCC(=O)NC2=O)C3=O)C1. The molecule has 8 nitrogen and oxygen atoms in total. The third-order valence-corrected chi connectivity index (χ3v) is 6.11. The van der Waals surface area contributed by atoms with Gasteiger partial charge in [-0.05, 0) is 25.5 Å². The third-order valence-electron chi connectivity index (χ3n) is 6.11. The summed E-state index contributed by atoms with van der Waals surface area (Å²) in [6.07, 6.45) is 0.0610. The molecule has 0 aliphatic carbocycles. The molecule has 0 radical (unpaired) electrons. The van der Waals surface area contributed by atoms with Gasteiger partial charge in [0.2, 0.25) is 11.8 Å². The number of ether oxygens (including phenoxy) is 2. The van der Waals surface area contributed by atoms with Crippen LogP contribution >= 0.6 is 0 Å². The summed E-state index contributed by atoms with van der Waals surface area (Å²) in [6.45, 7) is 2.88. The number of piperidine rings is 1. The van der Waals surface area contributed by atoms with Gasteiger partial charge in [0.25, 0.3) is 5.91 Å². The second kappa shape index (κ2) is 7.38. The minimum atomic E-state index is -0.775. The van der Waals surface area contributed by atoms with Gasteiger partial charge in [0.05, 0.1) is 11.7 Å². The van der Waals surface area contributed by atoms with Gasteiger partial charge in [-0.3, -0.25) is 19.7 Å². The molecule has 0 aromatic heterocycles. The zero-order chi connectivity index (χ0) is 20.9. The molecule has 3 aliphatic heterocycles. The molecule has 3 aliphatic rings. The largest absolute Gasteiger partial charge is 0.368 e. The second-order valence-corrected chi connectivity index (χ2v) is 7.72. The molecular formula is C20H24FN3O5. The maximum Gasteiger partial charge on any atom is 0.255 e. The van der Waals surface area contributed by atoms with Crippen molar-refractivity contribution in [1.82, 2.24) is 10.2 Å². The smallest absolute Gasteiger partial charge is 0.255 e. The number of halogens is 1. The lowest BCUT2D eigenvalue weighted by atomic mass is 9.96. The van der Waals surface area contributed by atoms with E-state index in [1.54, 1.807) is 33.3 Å². The highest BCUT2D eigenvalue weighted by Crippen LogP contribution is 2.42. The van der Waals surface area contributed by atoms with E-state index in [-0.39, 0.29) is 42.4 Å². The molecule has 2 unspecified atom stereocenters. The number of hydrogen-bond acceptors (Lipinski definition) is 6. The summed E-state index contributed by atoms with van der Waals surface area (Å²) in [7, 11) is 3.15. The Morgan fingerprint density at radius 2 is 1.86 bits per heavy atom. The van der Waals surface area contributed by atoms with Gasteiger partial charge in [0.1, 0.15) is 6.04 Å². The fraction of sp³-hybridized carbons (Fsp3) is 0.550. The van der Waals surface area contributed by atoms with Crippen LogP contribution in [0.4, 0.5) is 10.1 Å². The number of hydrogen-bond donors (Lipinski definition) is 1. The van der Waals surface area contributed by atoms with E-state index in [9.17, 15) is 14.4 Å². The number of methoxy groups -OCH3 is 2. The van der Waals surface area contributed by atoms with E-state index in [1.807, 2.05) is 4.90 Å². The molecule has 0 bridgehead atoms. The number of nitrogens with zero attached hydrogens (tertiary/aromatic N) is 2. The number of fused-ring (bicyclic) bond motifs is 1. The van der Waals surface area contributed by atoms with E-state index >= 15 is 4.39 Å². The van der Waals surface area contributed by atoms with Crippen LogP contribution in [0, 0.1) is 11.7 Å². The first-order chi connectivity index (χ1) is 13.9. The molecule has 3 amide bonds. The quantitative estimate of drug-likeness (QED) is 0.585. The van der Waals surface area contributed by atoms with E-state index in [1.165, 1.54) is 4.90 Å². The number of amides is 3. The summed E-state index contributed by atoms with van der Waals surface area (Å²) in [4.78, 5) is 39.9. The predicted octanol–water partition coefficient (Wildman–Crippen LogP) is 1.20. The highest BCUT2D eigenvalue weighted by atomic mass is 19.1. The van der Waals surface area contributed by atoms with Gasteiger partial charge in [0, 0.05) is 50.8 Å². The van der Waals surface area contributed by atoms with Crippen LogP contribution in [0.5, 0.6) is 0 Å². The van der Waals surface area contributed by atoms with Gasteiger partial charge in [-0.25, -0.2) is 4.39 Å². The summed E-state index contributed by atoms with van der Waals surface area (Å²) in [5.74, 6) is -1.55. The van der Waals surface area contributed by atoms with Crippen LogP contribution in [-0.2, 0) is 19.1 Å². The molecule has 2 fully saturated rings. The number of nitrogens with one attached hydrogen (secondary N) is 1. The summed E-state index contributed by atoms with van der Waals surface area (Å²) in [6, 6.07) is 1.86. The molecule has 0 saturated carbocycles. The van der Waals surface area contributed by atoms with Gasteiger partial charge in [-0.2, -0.15) is 0 Å². The normalized spacial score (nSPS) is 24.8. The highest BCUT2D eigenvalue weighted by Gasteiger charge is 2.45. The van der Waals surface area contributed by atoms with E-state index in [4.69, 9.17) is 9.47 Å². The number of carbonyl (C=O) groups is 3. The van der Waals surface area contributed by atoms with Crippen molar-refractivity contribution in [1.29, 1.82) is 0 Å². The number of rotatable bonds is 5. The Morgan fingerprint density at radius 1 is 1.17 bits per heavy atom. The summed E-state index contributed by atoms with van der Waals surface area (Å²) >= 11 is 0. The van der Waals surface area contributed by atoms with Crippen LogP contribution in [0.15, 0.2) is 12.1 Å². The predicted molar refractivity (Wildman–Crippen MR) is 101 cm³/mol. The van der Waals surface area contributed by atoms with E-state index in [2.05, 4.69) is 5.32 Å². The van der Waals surface area contributed by atoms with Crippen molar-refractivity contribution in [3.05, 3.63) is 29.1 Å². The Hall–Kier alpha value is -2.52. The molecular weight excluding hydrogens is 381 g/mol. The molecule has 1 N–H and O–H groups in total. The van der Waals surface area contributed by atoms with Crippen molar-refractivity contribution in [2.75, 3.05) is 32.2 Å². The minimum Gasteiger partial charge on any atom is -0.368 e. The lowest BCUT2D eigenvalue weighted by Gasteiger charge is -2.43. The first kappa shape index (κ1) is 19.8. The average molecular weight is 405 g/mol. The van der Waals surface area contributed by atoms with Gasteiger partial charge in [0.15, 0.2) is 12.1 Å². The van der Waals surface area contributed by atoms with Crippen LogP contribution in [0.2, 0.25) is 0 Å². The molecule has 2 saturated heterocycles. The Bertz CT molecular complexity index is 866. The Balaban J connectivity index is 1.57. The van der Waals surface area contributed by atoms with Gasteiger partial charge in [-0.1, -0.05) is 0 Å². The fourth-order valence-electron chi connectivity index (χ4n) is 4.60. The molecule has 29 heavy (non-hydrogen) atoms. The van der Waals surface area contributed by atoms with Gasteiger partial charge >= 0.3 is 0 Å². The number of anilines is 1. The van der Waals surface area contributed by atoms with Crippen LogP contribution in [0.25, 0.3) is 0 Å². The fourth-order valence-corrected chi connectivity index (χ4v) is 4.60. The van der Waals surface area contributed by atoms with Crippen molar-refractivity contribution in [3.8, 4) is 0 Å². The number of carbonyl (C=O) groups excluding carboxylic acids is 3. The zero-order valence-electron chi connectivity index (χ0n) is 16.6. The molecule has 1 aromatic carbocycles. The average Bonchev–Trinajstić information content (AvgIpc) is 2.90. The lowest BCUT2D eigenvalue weighted by Crippen LogP contribution is -2.53. The Morgan fingerprint density at radius 3 is 2.48 bits per heavy atom. The minimum absolute atomic E-state index is 0.136. The third kappa shape index (κ3) is 3.08. The van der Waals surface area contributed by atoms with Crippen LogP contribution in [-0.4, -0.2) is 62.3 Å². The molecule has 3 heterocycles. The maximum atomic E-state index is 15.4. The molecule has 1 aromatic rings. The van der Waals surface area contributed by atoms with Crippen molar-refractivity contribution < 1.29 is 28.2 Å². The van der Waals surface area contributed by atoms with Crippen molar-refractivity contribution in [3.63, 3.8) is 0 Å². The Kier molecular flexibility index (Phi) is 5.04. The monoisotopic (exact) mass is 405 g/mol. The van der Waals surface area contributed by atoms with E-state index in [0.717, 1.165) is 0 Å². The topological polar surface area (TPSA) is 88.2 Å². The van der Waals surface area contributed by atoms with Crippen LogP contribution < -0.4 is 10.2 Å². The summed E-state index contributed by atoms with van der Waals surface area (Å²) in [5.41, 5.74) is 0.999. The maximum absolute atomic E-state index is 15.4. The van der Waals surface area contributed by atoms with Crippen LogP contribution in [0.3, 0.4) is 0 Å². The van der Waals surface area contributed by atoms with E-state index < -0.39 is 23.8 Å². The first-order valence-corrected chi connectivity index (χ1v) is 9.66. The molecule has 9 heteroatoms.